The molecule has 2 aromatic carbocycles. The molecule has 1 amide bonds. The molecule has 0 unspecified atom stereocenters. The lowest BCUT2D eigenvalue weighted by molar-refractivity contribution is -0.138. The largest absolute Gasteiger partial charge is 0.481 e. The molecule has 1 aliphatic rings. The third kappa shape index (κ3) is 3.70. The van der Waals surface area contributed by atoms with Crippen molar-refractivity contribution >= 4 is 12.1 Å². The Hall–Kier alpha value is -2.86. The van der Waals surface area contributed by atoms with E-state index in [0.717, 1.165) is 22.3 Å². The zero-order valence-corrected chi connectivity index (χ0v) is 14.4. The number of aliphatic hydroxyl groups is 1. The van der Waals surface area contributed by atoms with E-state index in [2.05, 4.69) is 5.32 Å². The van der Waals surface area contributed by atoms with Crippen LogP contribution in [0.5, 0.6) is 0 Å². The van der Waals surface area contributed by atoms with Crippen molar-refractivity contribution in [2.45, 2.75) is 31.4 Å². The molecule has 3 N–H and O–H groups in total. The van der Waals surface area contributed by atoms with Gasteiger partial charge in [-0.25, -0.2) is 4.79 Å². The van der Waals surface area contributed by atoms with Gasteiger partial charge in [0.05, 0.1) is 18.6 Å². The highest BCUT2D eigenvalue weighted by Crippen LogP contribution is 2.44. The number of benzene rings is 2. The Balaban J connectivity index is 1.70. The topological polar surface area (TPSA) is 95.9 Å². The molecule has 0 aliphatic heterocycles. The van der Waals surface area contributed by atoms with E-state index in [0.29, 0.717) is 0 Å². The van der Waals surface area contributed by atoms with Crippen molar-refractivity contribution < 1.29 is 24.5 Å². The zero-order chi connectivity index (χ0) is 18.7. The van der Waals surface area contributed by atoms with Crippen molar-refractivity contribution in [1.82, 2.24) is 5.32 Å². The number of carbonyl (C=O) groups excluding carboxylic acids is 1. The predicted molar refractivity (Wildman–Crippen MR) is 95.9 cm³/mol. The van der Waals surface area contributed by atoms with Gasteiger partial charge < -0.3 is 20.3 Å². The molecule has 1 aliphatic carbocycles. The highest BCUT2D eigenvalue weighted by molar-refractivity contribution is 5.79. The number of aliphatic carboxylic acids is 1. The van der Waals surface area contributed by atoms with E-state index in [4.69, 9.17) is 9.84 Å². The SMILES string of the molecule is C[C@@H](O)[C@@H](CC(=O)O)NC(=O)OCC1c2ccccc2-c2ccccc21. The molecule has 0 bridgehead atoms. The van der Waals surface area contributed by atoms with Crippen molar-refractivity contribution in [3.63, 3.8) is 0 Å². The van der Waals surface area contributed by atoms with Gasteiger partial charge in [0.1, 0.15) is 6.61 Å². The number of ether oxygens (including phenoxy) is 1. The van der Waals surface area contributed by atoms with Gasteiger partial charge in [0.25, 0.3) is 0 Å². The van der Waals surface area contributed by atoms with Crippen LogP contribution in [0.25, 0.3) is 11.1 Å². The lowest BCUT2D eigenvalue weighted by Gasteiger charge is -2.20. The first kappa shape index (κ1) is 17.9. The first-order valence-corrected chi connectivity index (χ1v) is 8.48. The number of nitrogens with one attached hydrogen (secondary N) is 1. The molecule has 2 atom stereocenters. The van der Waals surface area contributed by atoms with E-state index < -0.39 is 24.2 Å². The average molecular weight is 355 g/mol. The molecule has 0 saturated heterocycles. The Morgan fingerprint density at radius 1 is 1.08 bits per heavy atom. The smallest absolute Gasteiger partial charge is 0.407 e. The van der Waals surface area contributed by atoms with Gasteiger partial charge >= 0.3 is 12.1 Å². The van der Waals surface area contributed by atoms with Crippen LogP contribution in [0.2, 0.25) is 0 Å². The molecular weight excluding hydrogens is 334 g/mol. The number of amides is 1. The lowest BCUT2D eigenvalue weighted by atomic mass is 9.98. The molecule has 0 aromatic heterocycles. The van der Waals surface area contributed by atoms with Crippen LogP contribution in [-0.4, -0.2) is 41.0 Å². The summed E-state index contributed by atoms with van der Waals surface area (Å²) in [6.45, 7) is 1.57. The minimum atomic E-state index is -1.10. The fourth-order valence-corrected chi connectivity index (χ4v) is 3.32. The van der Waals surface area contributed by atoms with E-state index in [1.807, 2.05) is 48.5 Å². The Morgan fingerprint density at radius 2 is 1.62 bits per heavy atom. The molecule has 6 nitrogen and oxygen atoms in total. The van der Waals surface area contributed by atoms with Gasteiger partial charge in [-0.3, -0.25) is 4.79 Å². The molecule has 0 saturated carbocycles. The van der Waals surface area contributed by atoms with Crippen molar-refractivity contribution in [2.24, 2.45) is 0 Å². The van der Waals surface area contributed by atoms with Crippen LogP contribution in [0.15, 0.2) is 48.5 Å². The number of hydrogen-bond acceptors (Lipinski definition) is 4. The van der Waals surface area contributed by atoms with Gasteiger partial charge in [-0.05, 0) is 29.2 Å². The molecule has 0 heterocycles. The molecule has 6 heteroatoms. The Kier molecular flexibility index (Phi) is 5.23. The van der Waals surface area contributed by atoms with Gasteiger partial charge in [-0.2, -0.15) is 0 Å². The number of alkyl carbamates (subject to hydrolysis) is 1. The monoisotopic (exact) mass is 355 g/mol. The first-order valence-electron chi connectivity index (χ1n) is 8.48. The minimum Gasteiger partial charge on any atom is -0.481 e. The van der Waals surface area contributed by atoms with Gasteiger partial charge in [-0.15, -0.1) is 0 Å². The van der Waals surface area contributed by atoms with Gasteiger partial charge in [0.2, 0.25) is 0 Å². The van der Waals surface area contributed by atoms with Crippen molar-refractivity contribution in [1.29, 1.82) is 0 Å². The van der Waals surface area contributed by atoms with Crippen LogP contribution >= 0.6 is 0 Å². The van der Waals surface area contributed by atoms with Gasteiger partial charge in [0.15, 0.2) is 0 Å². The summed E-state index contributed by atoms with van der Waals surface area (Å²) in [5, 5.41) is 20.9. The lowest BCUT2D eigenvalue weighted by Crippen LogP contribution is -2.44. The number of carbonyl (C=O) groups is 2. The van der Waals surface area contributed by atoms with Crippen LogP contribution in [0.1, 0.15) is 30.4 Å². The molecule has 3 rings (SSSR count). The highest BCUT2D eigenvalue weighted by Gasteiger charge is 2.29. The van der Waals surface area contributed by atoms with E-state index >= 15 is 0 Å². The van der Waals surface area contributed by atoms with Crippen LogP contribution < -0.4 is 5.32 Å². The first-order chi connectivity index (χ1) is 12.5. The molecular formula is C20H21NO5. The van der Waals surface area contributed by atoms with E-state index in [1.165, 1.54) is 6.92 Å². The summed E-state index contributed by atoms with van der Waals surface area (Å²) in [7, 11) is 0. The molecule has 26 heavy (non-hydrogen) atoms. The zero-order valence-electron chi connectivity index (χ0n) is 14.4. The third-order valence-corrected chi connectivity index (χ3v) is 4.62. The summed E-state index contributed by atoms with van der Waals surface area (Å²) in [4.78, 5) is 22.9. The number of hydrogen-bond donors (Lipinski definition) is 3. The number of rotatable bonds is 6. The predicted octanol–water partition coefficient (Wildman–Crippen LogP) is 2.75. The fourth-order valence-electron chi connectivity index (χ4n) is 3.32. The van der Waals surface area contributed by atoms with Crippen LogP contribution in [0.3, 0.4) is 0 Å². The van der Waals surface area contributed by atoms with Crippen molar-refractivity contribution in [2.75, 3.05) is 6.61 Å². The fraction of sp³-hybridized carbons (Fsp3) is 0.300. The molecule has 136 valence electrons. The van der Waals surface area contributed by atoms with E-state index in [1.54, 1.807) is 0 Å². The summed E-state index contributed by atoms with van der Waals surface area (Å²) in [6.07, 6.45) is -2.10. The van der Waals surface area contributed by atoms with Crippen molar-refractivity contribution in [3.05, 3.63) is 59.7 Å². The average Bonchev–Trinajstić information content (AvgIpc) is 2.93. The summed E-state index contributed by atoms with van der Waals surface area (Å²) in [6, 6.07) is 15.1. The highest BCUT2D eigenvalue weighted by atomic mass is 16.5. The molecule has 2 aromatic rings. The standard InChI is InChI=1S/C20H21NO5/c1-12(22)18(10-19(23)24)21-20(25)26-11-17-15-8-4-2-6-13(15)14-7-3-5-9-16(14)17/h2-9,12,17-18,22H,10-11H2,1H3,(H,21,25)(H,23,24)/t12-,18-/m1/s1. The normalized spacial score (nSPS) is 14.8. The van der Waals surface area contributed by atoms with E-state index in [-0.39, 0.29) is 18.9 Å². The maximum atomic E-state index is 12.1. The number of fused-ring (bicyclic) bond motifs is 3. The Morgan fingerprint density at radius 3 is 2.12 bits per heavy atom. The summed E-state index contributed by atoms with van der Waals surface area (Å²) in [5.41, 5.74) is 4.45. The number of aliphatic hydroxyl groups excluding tert-OH is 1. The van der Waals surface area contributed by atoms with Gasteiger partial charge in [0, 0.05) is 5.92 Å². The number of carboxylic acid groups (broad SMARTS) is 1. The minimum absolute atomic E-state index is 0.0716. The third-order valence-electron chi connectivity index (χ3n) is 4.62. The van der Waals surface area contributed by atoms with Gasteiger partial charge in [-0.1, -0.05) is 48.5 Å². The molecule has 0 radical (unpaired) electrons. The Labute approximate surface area is 151 Å². The quantitative estimate of drug-likeness (QED) is 0.740. The summed E-state index contributed by atoms with van der Waals surface area (Å²) in [5.74, 6) is -1.17. The number of carboxylic acids is 1. The van der Waals surface area contributed by atoms with Crippen LogP contribution in [-0.2, 0) is 9.53 Å². The van der Waals surface area contributed by atoms with Crippen molar-refractivity contribution in [3.8, 4) is 11.1 Å². The second-order valence-electron chi connectivity index (χ2n) is 6.41. The second kappa shape index (κ2) is 7.58. The summed E-state index contributed by atoms with van der Waals surface area (Å²) >= 11 is 0. The molecule has 0 spiro atoms. The maximum absolute atomic E-state index is 12.1. The second-order valence-corrected chi connectivity index (χ2v) is 6.41. The molecule has 0 fully saturated rings. The van der Waals surface area contributed by atoms with E-state index in [9.17, 15) is 14.7 Å². The van der Waals surface area contributed by atoms with Crippen LogP contribution in [0.4, 0.5) is 4.79 Å². The summed E-state index contributed by atoms with van der Waals surface area (Å²) < 4.78 is 5.35. The Bertz CT molecular complexity index is 772. The maximum Gasteiger partial charge on any atom is 0.407 e. The van der Waals surface area contributed by atoms with Crippen LogP contribution in [0, 0.1) is 0 Å².